The maximum Gasteiger partial charge on any atom is 0.256 e. The molecule has 6 heteroatoms. The highest BCUT2D eigenvalue weighted by Gasteiger charge is 2.08. The Labute approximate surface area is 127 Å². The van der Waals surface area contributed by atoms with Crippen molar-refractivity contribution in [3.05, 3.63) is 72.2 Å². The number of rotatable bonds is 4. The number of benzene rings is 1. The molecule has 0 saturated carbocycles. The minimum absolute atomic E-state index is 0.123. The summed E-state index contributed by atoms with van der Waals surface area (Å²) in [6.07, 6.45) is 5.26. The van der Waals surface area contributed by atoms with Gasteiger partial charge in [-0.25, -0.2) is 0 Å². The largest absolute Gasteiger partial charge is 0.508 e. The molecule has 0 aliphatic heterocycles. The molecule has 6 nitrogen and oxygen atoms in total. The van der Waals surface area contributed by atoms with E-state index in [1.807, 2.05) is 12.1 Å². The second kappa shape index (κ2) is 6.09. The number of hydrogen-bond donors (Lipinski definition) is 2. The zero-order valence-corrected chi connectivity index (χ0v) is 11.7. The van der Waals surface area contributed by atoms with Crippen molar-refractivity contribution >= 4 is 11.7 Å². The monoisotopic (exact) mass is 294 g/mol. The molecule has 0 aliphatic rings. The van der Waals surface area contributed by atoms with Gasteiger partial charge in [-0.05, 0) is 42.0 Å². The first-order chi connectivity index (χ1) is 10.7. The van der Waals surface area contributed by atoms with E-state index in [4.69, 9.17) is 0 Å². The number of phenols is 1. The lowest BCUT2D eigenvalue weighted by molar-refractivity contribution is 0.102. The van der Waals surface area contributed by atoms with Gasteiger partial charge in [-0.1, -0.05) is 0 Å². The molecule has 2 aromatic heterocycles. The summed E-state index contributed by atoms with van der Waals surface area (Å²) in [5, 5.41) is 16.2. The van der Waals surface area contributed by atoms with Crippen LogP contribution in [-0.4, -0.2) is 25.8 Å². The summed E-state index contributed by atoms with van der Waals surface area (Å²) in [6.45, 7) is 0.609. The second-order valence-electron chi connectivity index (χ2n) is 4.76. The SMILES string of the molecule is O=C(Nc1ccn(Cc2ccncc2)n1)c1ccc(O)cc1. The van der Waals surface area contributed by atoms with Gasteiger partial charge in [0.05, 0.1) is 6.54 Å². The number of carbonyl (C=O) groups is 1. The predicted octanol–water partition coefficient (Wildman–Crippen LogP) is 2.28. The summed E-state index contributed by atoms with van der Waals surface area (Å²) in [6, 6.07) is 11.6. The molecule has 0 atom stereocenters. The maximum atomic E-state index is 12.0. The fourth-order valence-electron chi connectivity index (χ4n) is 1.99. The highest BCUT2D eigenvalue weighted by Crippen LogP contribution is 2.12. The number of carbonyl (C=O) groups excluding carboxylic acids is 1. The number of nitrogens with one attached hydrogen (secondary N) is 1. The van der Waals surface area contributed by atoms with Crippen LogP contribution in [-0.2, 0) is 6.54 Å². The van der Waals surface area contributed by atoms with Crippen molar-refractivity contribution in [1.82, 2.24) is 14.8 Å². The quantitative estimate of drug-likeness (QED) is 0.773. The Morgan fingerprint density at radius 1 is 1.09 bits per heavy atom. The molecule has 2 N–H and O–H groups in total. The minimum Gasteiger partial charge on any atom is -0.508 e. The molecule has 0 unspecified atom stereocenters. The zero-order valence-electron chi connectivity index (χ0n) is 11.7. The topological polar surface area (TPSA) is 80.0 Å². The molecule has 0 bridgehead atoms. The van der Waals surface area contributed by atoms with Gasteiger partial charge in [0.2, 0.25) is 0 Å². The van der Waals surface area contributed by atoms with Crippen LogP contribution in [0.25, 0.3) is 0 Å². The van der Waals surface area contributed by atoms with Gasteiger partial charge in [0, 0.05) is 30.2 Å². The van der Waals surface area contributed by atoms with Crippen molar-refractivity contribution in [3.63, 3.8) is 0 Å². The number of pyridine rings is 1. The van der Waals surface area contributed by atoms with Crippen LogP contribution in [0.15, 0.2) is 61.1 Å². The van der Waals surface area contributed by atoms with Gasteiger partial charge in [0.25, 0.3) is 5.91 Å². The van der Waals surface area contributed by atoms with Crippen LogP contribution in [0.3, 0.4) is 0 Å². The number of anilines is 1. The molecule has 2 heterocycles. The van der Waals surface area contributed by atoms with Crippen LogP contribution in [0, 0.1) is 0 Å². The molecule has 110 valence electrons. The van der Waals surface area contributed by atoms with Crippen molar-refractivity contribution in [2.24, 2.45) is 0 Å². The number of aromatic hydroxyl groups is 1. The Morgan fingerprint density at radius 3 is 2.55 bits per heavy atom. The normalized spacial score (nSPS) is 10.4. The molecule has 3 aromatic rings. The Hall–Kier alpha value is -3.15. The molecular formula is C16H14N4O2. The van der Waals surface area contributed by atoms with Gasteiger partial charge in [0.15, 0.2) is 5.82 Å². The zero-order chi connectivity index (χ0) is 15.4. The van der Waals surface area contributed by atoms with Gasteiger partial charge in [-0.2, -0.15) is 5.10 Å². The predicted molar refractivity (Wildman–Crippen MR) is 81.6 cm³/mol. The summed E-state index contributed by atoms with van der Waals surface area (Å²) >= 11 is 0. The highest BCUT2D eigenvalue weighted by atomic mass is 16.3. The number of aromatic nitrogens is 3. The third-order valence-corrected chi connectivity index (χ3v) is 3.11. The van der Waals surface area contributed by atoms with Crippen LogP contribution in [0.5, 0.6) is 5.75 Å². The lowest BCUT2D eigenvalue weighted by Crippen LogP contribution is -2.12. The number of hydrogen-bond acceptors (Lipinski definition) is 4. The first-order valence-corrected chi connectivity index (χ1v) is 6.73. The molecule has 3 rings (SSSR count). The lowest BCUT2D eigenvalue weighted by atomic mass is 10.2. The van der Waals surface area contributed by atoms with Crippen LogP contribution in [0.4, 0.5) is 5.82 Å². The molecule has 0 fully saturated rings. The van der Waals surface area contributed by atoms with E-state index in [9.17, 15) is 9.90 Å². The molecule has 0 aliphatic carbocycles. The van der Waals surface area contributed by atoms with E-state index in [0.717, 1.165) is 5.56 Å². The minimum atomic E-state index is -0.269. The van der Waals surface area contributed by atoms with Crippen molar-refractivity contribution in [1.29, 1.82) is 0 Å². The number of phenolic OH excluding ortho intramolecular Hbond substituents is 1. The van der Waals surface area contributed by atoms with Crippen LogP contribution < -0.4 is 5.32 Å². The fraction of sp³-hybridized carbons (Fsp3) is 0.0625. The van der Waals surface area contributed by atoms with E-state index in [2.05, 4.69) is 15.4 Å². The number of nitrogens with zero attached hydrogens (tertiary/aromatic N) is 3. The summed E-state index contributed by atoms with van der Waals surface area (Å²) in [4.78, 5) is 16.0. The average molecular weight is 294 g/mol. The molecule has 1 aromatic carbocycles. The van der Waals surface area contributed by atoms with Gasteiger partial charge >= 0.3 is 0 Å². The Balaban J connectivity index is 1.66. The molecule has 0 radical (unpaired) electrons. The van der Waals surface area contributed by atoms with E-state index in [1.165, 1.54) is 12.1 Å². The van der Waals surface area contributed by atoms with E-state index < -0.39 is 0 Å². The maximum absolute atomic E-state index is 12.0. The summed E-state index contributed by atoms with van der Waals surface area (Å²) in [5.74, 6) is 0.333. The van der Waals surface area contributed by atoms with Crippen LogP contribution >= 0.6 is 0 Å². The summed E-state index contributed by atoms with van der Waals surface area (Å²) < 4.78 is 1.74. The summed E-state index contributed by atoms with van der Waals surface area (Å²) in [7, 11) is 0. The number of amides is 1. The van der Waals surface area contributed by atoms with Gasteiger partial charge in [-0.15, -0.1) is 0 Å². The van der Waals surface area contributed by atoms with Crippen LogP contribution in [0.2, 0.25) is 0 Å². The van der Waals surface area contributed by atoms with Crippen molar-refractivity contribution in [2.75, 3.05) is 5.32 Å². The molecular weight excluding hydrogens is 280 g/mol. The Bertz CT molecular complexity index is 766. The van der Waals surface area contributed by atoms with Crippen molar-refractivity contribution in [2.45, 2.75) is 6.54 Å². The molecule has 22 heavy (non-hydrogen) atoms. The van der Waals surface area contributed by atoms with Crippen molar-refractivity contribution < 1.29 is 9.90 Å². The summed E-state index contributed by atoms with van der Waals surface area (Å²) in [5.41, 5.74) is 1.54. The smallest absolute Gasteiger partial charge is 0.256 e. The molecule has 0 spiro atoms. The van der Waals surface area contributed by atoms with Crippen molar-refractivity contribution in [3.8, 4) is 5.75 Å². The van der Waals surface area contributed by atoms with Gasteiger partial charge < -0.3 is 10.4 Å². The van der Waals surface area contributed by atoms with Gasteiger partial charge in [-0.3, -0.25) is 14.5 Å². The standard InChI is InChI=1S/C16H14N4O2/c21-14-3-1-13(2-4-14)16(22)18-15-7-10-20(19-15)11-12-5-8-17-9-6-12/h1-10,21H,11H2,(H,18,19,22). The van der Waals surface area contributed by atoms with E-state index in [1.54, 1.807) is 41.5 Å². The third kappa shape index (κ3) is 3.29. The van der Waals surface area contributed by atoms with Gasteiger partial charge in [0.1, 0.15) is 5.75 Å². The Kier molecular flexibility index (Phi) is 3.82. The fourth-order valence-corrected chi connectivity index (χ4v) is 1.99. The third-order valence-electron chi connectivity index (χ3n) is 3.11. The van der Waals surface area contributed by atoms with E-state index >= 15 is 0 Å². The first kappa shape index (κ1) is 13.8. The Morgan fingerprint density at radius 2 is 1.82 bits per heavy atom. The van der Waals surface area contributed by atoms with E-state index in [-0.39, 0.29) is 11.7 Å². The lowest BCUT2D eigenvalue weighted by Gasteiger charge is -2.03. The first-order valence-electron chi connectivity index (χ1n) is 6.73. The molecule has 1 amide bonds. The van der Waals surface area contributed by atoms with Crippen LogP contribution in [0.1, 0.15) is 15.9 Å². The molecule has 0 saturated heterocycles. The second-order valence-corrected chi connectivity index (χ2v) is 4.76. The highest BCUT2D eigenvalue weighted by molar-refractivity contribution is 6.03. The van der Waals surface area contributed by atoms with E-state index in [0.29, 0.717) is 17.9 Å². The average Bonchev–Trinajstić information content (AvgIpc) is 2.96.